The van der Waals surface area contributed by atoms with Crippen LogP contribution >= 0.6 is 11.8 Å². The van der Waals surface area contributed by atoms with E-state index in [1.54, 1.807) is 11.8 Å². The second kappa shape index (κ2) is 6.51. The molecule has 2 aliphatic heterocycles. The van der Waals surface area contributed by atoms with Crippen molar-refractivity contribution in [2.45, 2.75) is 49.4 Å². The highest BCUT2D eigenvalue weighted by molar-refractivity contribution is 8.00. The van der Waals surface area contributed by atoms with Gasteiger partial charge in [0.1, 0.15) is 5.82 Å². The van der Waals surface area contributed by atoms with E-state index < -0.39 is 23.5 Å². The minimum Gasteiger partial charge on any atom is -0.294 e. The molecule has 2 heterocycles. The minimum atomic E-state index is -4.76. The van der Waals surface area contributed by atoms with Gasteiger partial charge in [0.05, 0.1) is 10.8 Å². The number of carbonyl (C=O) groups is 1. The van der Waals surface area contributed by atoms with Gasteiger partial charge in [0.15, 0.2) is 5.78 Å². The summed E-state index contributed by atoms with van der Waals surface area (Å²) in [5.74, 6) is -0.920. The summed E-state index contributed by atoms with van der Waals surface area (Å²) in [6.07, 6.45) is -1.21. The number of fused-ring (bicyclic) bond motifs is 1. The van der Waals surface area contributed by atoms with Crippen LogP contribution < -0.4 is 0 Å². The summed E-state index contributed by atoms with van der Waals surface area (Å²) in [6, 6.07) is 3.13. The van der Waals surface area contributed by atoms with Crippen LogP contribution in [-0.2, 0) is 11.0 Å². The van der Waals surface area contributed by atoms with E-state index in [0.717, 1.165) is 48.6 Å². The molecule has 0 radical (unpaired) electrons. The number of carbonyl (C=O) groups excluding carboxylic acids is 1. The second-order valence-corrected chi connectivity index (χ2v) is 8.10. The molecule has 0 spiro atoms. The van der Waals surface area contributed by atoms with Gasteiger partial charge in [-0.15, -0.1) is 0 Å². The van der Waals surface area contributed by atoms with Crippen molar-refractivity contribution in [3.63, 3.8) is 0 Å². The van der Waals surface area contributed by atoms with Crippen LogP contribution in [0.5, 0.6) is 0 Å². The van der Waals surface area contributed by atoms with Crippen LogP contribution in [0, 0.1) is 5.82 Å². The highest BCUT2D eigenvalue weighted by Crippen LogP contribution is 2.47. The summed E-state index contributed by atoms with van der Waals surface area (Å²) >= 11 is 1.63. The van der Waals surface area contributed by atoms with Gasteiger partial charge in [-0.1, -0.05) is 6.07 Å². The largest absolute Gasteiger partial charge is 0.419 e. The van der Waals surface area contributed by atoms with Gasteiger partial charge in [-0.2, -0.15) is 24.9 Å². The van der Waals surface area contributed by atoms with Gasteiger partial charge in [0.25, 0.3) is 0 Å². The topological polar surface area (TPSA) is 29.4 Å². The van der Waals surface area contributed by atoms with E-state index >= 15 is 0 Å². The molecule has 7 heteroatoms. The van der Waals surface area contributed by atoms with E-state index in [1.165, 1.54) is 6.07 Å². The number of ketones is 1. The molecule has 2 atom stereocenters. The molecule has 0 bridgehead atoms. The van der Waals surface area contributed by atoms with Crippen molar-refractivity contribution in [1.29, 1.82) is 0 Å². The summed E-state index contributed by atoms with van der Waals surface area (Å²) < 4.78 is 53.3. The number of thioether (sulfide) groups is 1. The lowest BCUT2D eigenvalue weighted by Crippen LogP contribution is -2.37. The molecule has 1 aromatic rings. The average molecular weight is 383 g/mol. The summed E-state index contributed by atoms with van der Waals surface area (Å²) in [5.41, 5.74) is 1.30. The number of aliphatic imine (C=N–C) groups is 1. The Morgan fingerprint density at radius 1 is 1.12 bits per heavy atom. The monoisotopic (exact) mass is 383 g/mol. The number of nitrogens with zero attached hydrogens (tertiary/aromatic N) is 1. The fraction of sp³-hybridized carbons (Fsp3) is 0.474. The number of rotatable bonds is 1. The molecule has 2 unspecified atom stereocenters. The van der Waals surface area contributed by atoms with Gasteiger partial charge >= 0.3 is 6.18 Å². The molecular formula is C19H17F4NOS. The molecule has 0 aromatic heterocycles. The van der Waals surface area contributed by atoms with Crippen LogP contribution in [0.4, 0.5) is 17.6 Å². The second-order valence-electron chi connectivity index (χ2n) is 6.85. The lowest BCUT2D eigenvalue weighted by molar-refractivity contribution is -0.140. The van der Waals surface area contributed by atoms with Crippen LogP contribution in [0.3, 0.4) is 0 Å². The SMILES string of the molecule is O=C1CCCC2=C1C(c1ccc(F)c(C(F)(F)F)c1)C1SCCCC1=N2. The number of hydrogen-bond acceptors (Lipinski definition) is 3. The first-order valence-electron chi connectivity index (χ1n) is 8.68. The normalized spacial score (nSPS) is 26.3. The van der Waals surface area contributed by atoms with E-state index in [2.05, 4.69) is 0 Å². The molecule has 0 saturated carbocycles. The first-order chi connectivity index (χ1) is 12.4. The lowest BCUT2D eigenvalue weighted by Gasteiger charge is -2.38. The molecule has 1 aromatic carbocycles. The Morgan fingerprint density at radius 3 is 2.69 bits per heavy atom. The van der Waals surface area contributed by atoms with Gasteiger partial charge < -0.3 is 0 Å². The predicted octanol–water partition coefficient (Wildman–Crippen LogP) is 5.29. The van der Waals surface area contributed by atoms with E-state index in [0.29, 0.717) is 24.0 Å². The molecule has 4 rings (SSSR count). The summed E-state index contributed by atoms with van der Waals surface area (Å²) in [4.78, 5) is 17.3. The molecular weight excluding hydrogens is 366 g/mol. The summed E-state index contributed by atoms with van der Waals surface area (Å²) in [6.45, 7) is 0. The number of allylic oxidation sites excluding steroid dienone is 2. The molecule has 0 N–H and O–H groups in total. The van der Waals surface area contributed by atoms with Crippen molar-refractivity contribution in [1.82, 2.24) is 0 Å². The number of Topliss-reactive ketones (excluding diaryl/α,β-unsaturated/α-hetero) is 1. The number of benzene rings is 1. The zero-order valence-corrected chi connectivity index (χ0v) is 14.7. The zero-order chi connectivity index (χ0) is 18.5. The van der Waals surface area contributed by atoms with Crippen LogP contribution in [-0.4, -0.2) is 22.5 Å². The summed E-state index contributed by atoms with van der Waals surface area (Å²) in [5, 5.41) is -0.143. The molecule has 1 fully saturated rings. The van der Waals surface area contributed by atoms with Crippen LogP contribution in [0.15, 0.2) is 34.5 Å². The molecule has 1 saturated heterocycles. The van der Waals surface area contributed by atoms with Gasteiger partial charge in [-0.05, 0) is 49.1 Å². The molecule has 138 valence electrons. The maximum atomic E-state index is 13.7. The quantitative estimate of drug-likeness (QED) is 0.617. The van der Waals surface area contributed by atoms with Gasteiger partial charge in [-0.25, -0.2) is 4.39 Å². The van der Waals surface area contributed by atoms with E-state index in [4.69, 9.17) is 4.99 Å². The van der Waals surface area contributed by atoms with E-state index in [9.17, 15) is 22.4 Å². The smallest absolute Gasteiger partial charge is 0.294 e. The number of hydrogen-bond donors (Lipinski definition) is 0. The van der Waals surface area contributed by atoms with Crippen LogP contribution in [0.2, 0.25) is 0 Å². The standard InChI is InChI=1S/C19H17F4NOS/c20-12-7-6-10(9-11(12)19(21,22)23)16-17-13(3-1-5-15(17)25)24-14-4-2-8-26-18(14)16/h6-7,9,16,18H,1-5,8H2. The van der Waals surface area contributed by atoms with E-state index in [1.807, 2.05) is 0 Å². The van der Waals surface area contributed by atoms with Crippen molar-refractivity contribution in [2.75, 3.05) is 5.75 Å². The van der Waals surface area contributed by atoms with E-state index in [-0.39, 0.29) is 11.0 Å². The molecule has 26 heavy (non-hydrogen) atoms. The fourth-order valence-corrected chi connectivity index (χ4v) is 5.46. The highest BCUT2D eigenvalue weighted by Gasteiger charge is 2.42. The third kappa shape index (κ3) is 3.00. The van der Waals surface area contributed by atoms with Crippen LogP contribution in [0.1, 0.15) is 49.1 Å². The lowest BCUT2D eigenvalue weighted by atomic mass is 9.76. The molecule has 1 aliphatic carbocycles. The van der Waals surface area contributed by atoms with Crippen LogP contribution in [0.25, 0.3) is 0 Å². The highest BCUT2D eigenvalue weighted by atomic mass is 32.2. The molecule has 0 amide bonds. The van der Waals surface area contributed by atoms with Crippen molar-refractivity contribution in [2.24, 2.45) is 4.99 Å². The number of halogens is 4. The van der Waals surface area contributed by atoms with Gasteiger partial charge in [0.2, 0.25) is 0 Å². The predicted molar refractivity (Wildman–Crippen MR) is 92.9 cm³/mol. The Kier molecular flexibility index (Phi) is 4.45. The summed E-state index contributed by atoms with van der Waals surface area (Å²) in [7, 11) is 0. The Bertz CT molecular complexity index is 827. The third-order valence-corrected chi connectivity index (χ3v) is 6.61. The van der Waals surface area contributed by atoms with Crippen molar-refractivity contribution in [3.05, 3.63) is 46.4 Å². The first kappa shape index (κ1) is 17.8. The Hall–Kier alpha value is -1.63. The Morgan fingerprint density at radius 2 is 1.92 bits per heavy atom. The van der Waals surface area contributed by atoms with Crippen molar-refractivity contribution < 1.29 is 22.4 Å². The first-order valence-corrected chi connectivity index (χ1v) is 9.73. The average Bonchev–Trinajstić information content (AvgIpc) is 2.60. The minimum absolute atomic E-state index is 0.0388. The molecule has 3 aliphatic rings. The Labute approximate surface area is 152 Å². The zero-order valence-electron chi connectivity index (χ0n) is 13.9. The number of alkyl halides is 3. The maximum absolute atomic E-state index is 13.7. The molecule has 2 nitrogen and oxygen atoms in total. The third-order valence-electron chi connectivity index (χ3n) is 5.18. The van der Waals surface area contributed by atoms with Crippen molar-refractivity contribution >= 4 is 23.3 Å². The van der Waals surface area contributed by atoms with Gasteiger partial charge in [-0.3, -0.25) is 9.79 Å². The maximum Gasteiger partial charge on any atom is 0.419 e. The fourth-order valence-electron chi connectivity index (χ4n) is 4.05. The van der Waals surface area contributed by atoms with Gasteiger partial charge in [0, 0.05) is 29.3 Å². The Balaban J connectivity index is 1.87. The van der Waals surface area contributed by atoms with Crippen molar-refractivity contribution in [3.8, 4) is 0 Å².